The van der Waals surface area contributed by atoms with Crippen LogP contribution in [0.4, 0.5) is 0 Å². The van der Waals surface area contributed by atoms with Gasteiger partial charge in [0.25, 0.3) is 0 Å². The molecule has 3 heterocycles. The summed E-state index contributed by atoms with van der Waals surface area (Å²) in [4.78, 5) is 19.0. The fourth-order valence-electron chi connectivity index (χ4n) is 3.83. The number of pyridine rings is 1. The first-order chi connectivity index (χ1) is 12.8. The summed E-state index contributed by atoms with van der Waals surface area (Å²) < 4.78 is 30.5. The van der Waals surface area contributed by atoms with Crippen LogP contribution in [0.15, 0.2) is 18.3 Å². The molecule has 0 spiro atoms. The van der Waals surface area contributed by atoms with Gasteiger partial charge in [-0.3, -0.25) is 4.79 Å². The number of carbonyl (C=O) groups is 1. The molecule has 2 aliphatic rings. The number of rotatable bonds is 5. The monoisotopic (exact) mass is 395 g/mol. The van der Waals surface area contributed by atoms with E-state index in [0.29, 0.717) is 44.3 Å². The largest absolute Gasteiger partial charge is 0.477 e. The Balaban J connectivity index is 1.42. The van der Waals surface area contributed by atoms with Crippen LogP contribution in [0.5, 0.6) is 5.88 Å². The highest BCUT2D eigenvalue weighted by atomic mass is 32.2. The molecule has 2 aliphatic heterocycles. The Morgan fingerprint density at radius 1 is 1.19 bits per heavy atom. The van der Waals surface area contributed by atoms with Gasteiger partial charge in [-0.25, -0.2) is 17.7 Å². The van der Waals surface area contributed by atoms with E-state index in [4.69, 9.17) is 4.74 Å². The molecule has 0 saturated carbocycles. The zero-order chi connectivity index (χ0) is 19.4. The Kier molecular flexibility index (Phi) is 6.37. The summed E-state index contributed by atoms with van der Waals surface area (Å²) >= 11 is 0. The molecule has 150 valence electrons. The van der Waals surface area contributed by atoms with E-state index in [1.165, 1.54) is 10.6 Å². The Morgan fingerprint density at radius 3 is 2.44 bits per heavy atom. The Labute approximate surface area is 161 Å². The molecule has 27 heavy (non-hydrogen) atoms. The SMILES string of the molecule is Cc1cccnc1OCC1CCN(C(=O)C2CCN(S(C)(=O)=O)CC2)CC1. The van der Waals surface area contributed by atoms with Crippen LogP contribution in [0.3, 0.4) is 0 Å². The van der Waals surface area contributed by atoms with E-state index < -0.39 is 10.0 Å². The fourth-order valence-corrected chi connectivity index (χ4v) is 4.71. The second-order valence-corrected chi connectivity index (χ2v) is 9.62. The molecule has 7 nitrogen and oxygen atoms in total. The molecule has 0 unspecified atom stereocenters. The summed E-state index contributed by atoms with van der Waals surface area (Å²) in [5.74, 6) is 1.26. The van der Waals surface area contributed by atoms with E-state index in [1.54, 1.807) is 6.20 Å². The first-order valence-electron chi connectivity index (χ1n) is 9.63. The van der Waals surface area contributed by atoms with Gasteiger partial charge in [-0.15, -0.1) is 0 Å². The highest BCUT2D eigenvalue weighted by Gasteiger charge is 2.33. The van der Waals surface area contributed by atoms with Crippen molar-refractivity contribution in [3.05, 3.63) is 23.9 Å². The van der Waals surface area contributed by atoms with Gasteiger partial charge >= 0.3 is 0 Å². The number of sulfonamides is 1. The van der Waals surface area contributed by atoms with E-state index in [-0.39, 0.29) is 11.8 Å². The van der Waals surface area contributed by atoms with Gasteiger partial charge in [0, 0.05) is 43.9 Å². The van der Waals surface area contributed by atoms with Crippen molar-refractivity contribution < 1.29 is 17.9 Å². The molecule has 0 aliphatic carbocycles. The van der Waals surface area contributed by atoms with Gasteiger partial charge in [0.1, 0.15) is 0 Å². The number of piperidine rings is 2. The van der Waals surface area contributed by atoms with Gasteiger partial charge in [-0.1, -0.05) is 6.07 Å². The van der Waals surface area contributed by atoms with Gasteiger partial charge in [0.15, 0.2) is 0 Å². The molecule has 0 bridgehead atoms. The quantitative estimate of drug-likeness (QED) is 0.758. The smallest absolute Gasteiger partial charge is 0.225 e. The van der Waals surface area contributed by atoms with Crippen molar-refractivity contribution in [2.45, 2.75) is 32.6 Å². The number of hydrogen-bond donors (Lipinski definition) is 0. The third-order valence-electron chi connectivity index (χ3n) is 5.62. The molecule has 8 heteroatoms. The second-order valence-electron chi connectivity index (χ2n) is 7.64. The molecule has 0 aromatic carbocycles. The van der Waals surface area contributed by atoms with Crippen LogP contribution in [-0.2, 0) is 14.8 Å². The van der Waals surface area contributed by atoms with Crippen molar-refractivity contribution >= 4 is 15.9 Å². The van der Waals surface area contributed by atoms with Crippen LogP contribution in [-0.4, -0.2) is 67.6 Å². The molecule has 3 rings (SSSR count). The zero-order valence-electron chi connectivity index (χ0n) is 16.1. The lowest BCUT2D eigenvalue weighted by Gasteiger charge is -2.36. The second kappa shape index (κ2) is 8.56. The van der Waals surface area contributed by atoms with Crippen molar-refractivity contribution in [2.75, 3.05) is 39.0 Å². The van der Waals surface area contributed by atoms with Crippen molar-refractivity contribution in [3.8, 4) is 5.88 Å². The molecule has 0 radical (unpaired) electrons. The topological polar surface area (TPSA) is 79.8 Å². The number of amides is 1. The minimum absolute atomic E-state index is 0.0491. The van der Waals surface area contributed by atoms with Crippen molar-refractivity contribution in [2.24, 2.45) is 11.8 Å². The highest BCUT2D eigenvalue weighted by Crippen LogP contribution is 2.25. The number of aromatic nitrogens is 1. The molecule has 1 amide bonds. The average Bonchev–Trinajstić information content (AvgIpc) is 2.67. The van der Waals surface area contributed by atoms with Crippen LogP contribution in [0.25, 0.3) is 0 Å². The van der Waals surface area contributed by atoms with E-state index in [2.05, 4.69) is 4.98 Å². The Hall–Kier alpha value is -1.67. The Morgan fingerprint density at radius 2 is 1.85 bits per heavy atom. The molecule has 2 saturated heterocycles. The fraction of sp³-hybridized carbons (Fsp3) is 0.684. The first-order valence-corrected chi connectivity index (χ1v) is 11.5. The summed E-state index contributed by atoms with van der Waals surface area (Å²) in [5.41, 5.74) is 1.03. The number of hydrogen-bond acceptors (Lipinski definition) is 5. The van der Waals surface area contributed by atoms with Crippen LogP contribution in [0.1, 0.15) is 31.2 Å². The van der Waals surface area contributed by atoms with Crippen LogP contribution in [0.2, 0.25) is 0 Å². The molecule has 2 fully saturated rings. The number of nitrogens with zero attached hydrogens (tertiary/aromatic N) is 3. The number of ether oxygens (including phenoxy) is 1. The predicted octanol–water partition coefficient (Wildman–Crippen LogP) is 1.68. The van der Waals surface area contributed by atoms with Crippen LogP contribution >= 0.6 is 0 Å². The lowest BCUT2D eigenvalue weighted by Crippen LogP contribution is -2.46. The van der Waals surface area contributed by atoms with Crippen LogP contribution < -0.4 is 4.74 Å². The molecule has 0 atom stereocenters. The molecular formula is C19H29N3O4S. The first kappa shape index (κ1) is 20.1. The minimum atomic E-state index is -3.15. The van der Waals surface area contributed by atoms with E-state index in [1.807, 2.05) is 24.0 Å². The predicted molar refractivity (Wildman–Crippen MR) is 103 cm³/mol. The molecule has 1 aromatic rings. The van der Waals surface area contributed by atoms with Gasteiger partial charge in [0.05, 0.1) is 12.9 Å². The van der Waals surface area contributed by atoms with E-state index in [9.17, 15) is 13.2 Å². The maximum atomic E-state index is 12.8. The van der Waals surface area contributed by atoms with Gasteiger partial charge in [0.2, 0.25) is 21.8 Å². The summed E-state index contributed by atoms with van der Waals surface area (Å²) in [6.07, 6.45) is 6.06. The molecular weight excluding hydrogens is 366 g/mol. The van der Waals surface area contributed by atoms with Gasteiger partial charge < -0.3 is 9.64 Å². The third kappa shape index (κ3) is 5.19. The molecule has 1 aromatic heterocycles. The standard InChI is InChI=1S/C19H29N3O4S/c1-15-4-3-9-20-18(15)26-14-16-5-10-21(11-6-16)19(23)17-7-12-22(13-8-17)27(2,24)25/h3-4,9,16-17H,5-8,10-14H2,1-2H3. The normalized spacial score (nSPS) is 20.6. The van der Waals surface area contributed by atoms with E-state index >= 15 is 0 Å². The maximum absolute atomic E-state index is 12.8. The summed E-state index contributed by atoms with van der Waals surface area (Å²) in [6.45, 7) is 5.01. The maximum Gasteiger partial charge on any atom is 0.225 e. The van der Waals surface area contributed by atoms with Crippen molar-refractivity contribution in [1.82, 2.24) is 14.2 Å². The summed E-state index contributed by atoms with van der Waals surface area (Å²) in [7, 11) is -3.15. The third-order valence-corrected chi connectivity index (χ3v) is 6.92. The van der Waals surface area contributed by atoms with Gasteiger partial charge in [-0.2, -0.15) is 0 Å². The average molecular weight is 396 g/mol. The molecule has 0 N–H and O–H groups in total. The number of carbonyl (C=O) groups excluding carboxylic acids is 1. The zero-order valence-corrected chi connectivity index (χ0v) is 17.0. The summed E-state index contributed by atoms with van der Waals surface area (Å²) in [6, 6.07) is 3.88. The van der Waals surface area contributed by atoms with Crippen molar-refractivity contribution in [3.63, 3.8) is 0 Å². The Bertz CT molecular complexity index is 752. The highest BCUT2D eigenvalue weighted by molar-refractivity contribution is 7.88. The number of aryl methyl sites for hydroxylation is 1. The lowest BCUT2D eigenvalue weighted by atomic mass is 9.93. The van der Waals surface area contributed by atoms with E-state index in [0.717, 1.165) is 31.5 Å². The summed E-state index contributed by atoms with van der Waals surface area (Å²) in [5, 5.41) is 0. The van der Waals surface area contributed by atoms with Crippen molar-refractivity contribution in [1.29, 1.82) is 0 Å². The lowest BCUT2D eigenvalue weighted by molar-refractivity contribution is -0.138. The number of likely N-dealkylation sites (tertiary alicyclic amines) is 1. The minimum Gasteiger partial charge on any atom is -0.477 e. The van der Waals surface area contributed by atoms with Crippen LogP contribution in [0, 0.1) is 18.8 Å². The van der Waals surface area contributed by atoms with Gasteiger partial charge in [-0.05, 0) is 44.6 Å².